The van der Waals surface area contributed by atoms with E-state index >= 15 is 0 Å². The fourth-order valence-electron chi connectivity index (χ4n) is 1.79. The van der Waals surface area contributed by atoms with Crippen LogP contribution in [0.4, 0.5) is 0 Å². The molecule has 0 unspecified atom stereocenters. The van der Waals surface area contributed by atoms with Gasteiger partial charge in [-0.05, 0) is 24.3 Å². The number of allylic oxidation sites excluding steroid dienone is 2. The largest absolute Gasteiger partial charge is 0.470 e. The number of fused-ring (bicyclic) bond motifs is 2. The predicted molar refractivity (Wildman–Crippen MR) is 84.7 cm³/mol. The van der Waals surface area contributed by atoms with Crippen molar-refractivity contribution in [1.82, 2.24) is 0 Å². The Morgan fingerprint density at radius 3 is 1.68 bits per heavy atom. The van der Waals surface area contributed by atoms with Gasteiger partial charge in [-0.2, -0.15) is 0 Å². The molecule has 0 N–H and O–H groups in total. The van der Waals surface area contributed by atoms with Gasteiger partial charge < -0.3 is 4.42 Å². The van der Waals surface area contributed by atoms with Gasteiger partial charge >= 0.3 is 0 Å². The second-order valence-corrected chi connectivity index (χ2v) is 8.78. The maximum Gasteiger partial charge on any atom is 0.105 e. The van der Waals surface area contributed by atoms with Crippen molar-refractivity contribution in [2.45, 2.75) is 19.6 Å². The molecule has 0 saturated carbocycles. The Bertz CT molecular complexity index is 649. The second-order valence-electron chi connectivity index (χ2n) is 3.93. The first-order valence-electron chi connectivity index (χ1n) is 5.67. The van der Waals surface area contributed by atoms with Crippen LogP contribution in [0.5, 0.6) is 0 Å². The van der Waals surface area contributed by atoms with Crippen molar-refractivity contribution in [3.8, 4) is 0 Å². The predicted octanol–water partition coefficient (Wildman–Crippen LogP) is 6.06. The fraction of sp³-hybridized carbons (Fsp3) is 0. The normalized spacial score (nSPS) is 16.4. The molecular formula is C14H8OS4. The van der Waals surface area contributed by atoms with Gasteiger partial charge in [-0.3, -0.25) is 0 Å². The molecule has 1 aromatic carbocycles. The number of hydrogen-bond donors (Lipinski definition) is 0. The van der Waals surface area contributed by atoms with Crippen LogP contribution in [-0.2, 0) is 0 Å². The van der Waals surface area contributed by atoms with Crippen molar-refractivity contribution < 1.29 is 4.42 Å². The van der Waals surface area contributed by atoms with Gasteiger partial charge in [0.15, 0.2) is 0 Å². The van der Waals surface area contributed by atoms with Crippen molar-refractivity contribution in [2.24, 2.45) is 0 Å². The highest BCUT2D eigenvalue weighted by Gasteiger charge is 2.20. The van der Waals surface area contributed by atoms with E-state index in [2.05, 4.69) is 36.4 Å². The summed E-state index contributed by atoms with van der Waals surface area (Å²) in [5, 5.41) is 0. The van der Waals surface area contributed by atoms with Gasteiger partial charge in [0.1, 0.15) is 12.5 Å². The minimum Gasteiger partial charge on any atom is -0.470 e. The van der Waals surface area contributed by atoms with E-state index in [1.165, 1.54) is 28.1 Å². The zero-order valence-corrected chi connectivity index (χ0v) is 12.9. The van der Waals surface area contributed by atoms with E-state index in [0.29, 0.717) is 0 Å². The fourth-order valence-corrected chi connectivity index (χ4v) is 6.25. The van der Waals surface area contributed by atoms with Crippen LogP contribution in [0.1, 0.15) is 0 Å². The summed E-state index contributed by atoms with van der Waals surface area (Å²) in [6, 6.07) is 8.54. The number of rotatable bonds is 1. The van der Waals surface area contributed by atoms with Crippen LogP contribution in [0.15, 0.2) is 81.4 Å². The minimum atomic E-state index is 1.23. The van der Waals surface area contributed by atoms with E-state index in [9.17, 15) is 0 Å². The van der Waals surface area contributed by atoms with E-state index in [1.807, 2.05) is 36.1 Å². The molecule has 4 rings (SSSR count). The molecule has 0 radical (unpaired) electrons. The maximum absolute atomic E-state index is 5.16. The Hall–Kier alpha value is -0.620. The summed E-state index contributed by atoms with van der Waals surface area (Å²) in [5.41, 5.74) is 0. The Morgan fingerprint density at radius 1 is 0.684 bits per heavy atom. The Kier molecular flexibility index (Phi) is 3.23. The third-order valence-corrected chi connectivity index (χ3v) is 7.47. The summed E-state index contributed by atoms with van der Waals surface area (Å²) in [4.78, 5) is 5.17. The average Bonchev–Trinajstić information content (AvgIpc) is 3.09. The minimum absolute atomic E-state index is 1.23. The summed E-state index contributed by atoms with van der Waals surface area (Å²) in [6.07, 6.45) is 8.05. The molecule has 94 valence electrons. The van der Waals surface area contributed by atoms with Crippen molar-refractivity contribution in [2.75, 3.05) is 0 Å². The van der Waals surface area contributed by atoms with Crippen molar-refractivity contribution in [1.29, 1.82) is 0 Å². The molecule has 0 fully saturated rings. The first kappa shape index (κ1) is 12.1. The third-order valence-electron chi connectivity index (χ3n) is 2.64. The van der Waals surface area contributed by atoms with Crippen molar-refractivity contribution >= 4 is 47.0 Å². The van der Waals surface area contributed by atoms with Gasteiger partial charge in [-0.15, -0.1) is 0 Å². The lowest BCUT2D eigenvalue weighted by Gasteiger charge is -1.93. The van der Waals surface area contributed by atoms with Gasteiger partial charge in [-0.25, -0.2) is 0 Å². The number of furan rings is 1. The van der Waals surface area contributed by atoms with E-state index in [1.54, 1.807) is 23.5 Å². The maximum atomic E-state index is 5.16. The lowest BCUT2D eigenvalue weighted by molar-refractivity contribution is 0.558. The quantitative estimate of drug-likeness (QED) is 0.631. The third kappa shape index (κ3) is 2.40. The highest BCUT2D eigenvalue weighted by atomic mass is 32.2. The van der Waals surface area contributed by atoms with Crippen LogP contribution in [0.2, 0.25) is 0 Å². The summed E-state index contributed by atoms with van der Waals surface area (Å²) in [6.45, 7) is 0. The SMILES string of the molecule is C(C=C1Sc2cocc2S1)=C1Sc2ccccc2S1. The van der Waals surface area contributed by atoms with Crippen LogP contribution in [0, 0.1) is 0 Å². The summed E-state index contributed by atoms with van der Waals surface area (Å²) < 4.78 is 7.81. The highest BCUT2D eigenvalue weighted by Crippen LogP contribution is 2.53. The Balaban J connectivity index is 1.52. The molecule has 0 bridgehead atoms. The van der Waals surface area contributed by atoms with E-state index in [4.69, 9.17) is 4.42 Å². The first-order valence-corrected chi connectivity index (χ1v) is 8.94. The molecule has 0 amide bonds. The van der Waals surface area contributed by atoms with Crippen LogP contribution >= 0.6 is 47.0 Å². The molecule has 0 aliphatic carbocycles. The van der Waals surface area contributed by atoms with Crippen molar-refractivity contribution in [3.63, 3.8) is 0 Å². The summed E-state index contributed by atoms with van der Waals surface area (Å²) in [5.74, 6) is 0. The monoisotopic (exact) mass is 320 g/mol. The molecule has 1 nitrogen and oxygen atoms in total. The lowest BCUT2D eigenvalue weighted by atomic mass is 10.4. The molecule has 1 aromatic heterocycles. The molecule has 0 saturated heterocycles. The molecule has 19 heavy (non-hydrogen) atoms. The molecule has 5 heteroatoms. The van der Waals surface area contributed by atoms with Gasteiger partial charge in [0.2, 0.25) is 0 Å². The summed E-state index contributed by atoms with van der Waals surface area (Å²) >= 11 is 7.25. The molecule has 3 heterocycles. The molecule has 2 aliphatic heterocycles. The average molecular weight is 320 g/mol. The van der Waals surface area contributed by atoms with E-state index < -0.39 is 0 Å². The van der Waals surface area contributed by atoms with Crippen LogP contribution < -0.4 is 0 Å². The molecule has 0 spiro atoms. The molecular weight excluding hydrogens is 312 g/mol. The lowest BCUT2D eigenvalue weighted by Crippen LogP contribution is -1.65. The Labute approximate surface area is 128 Å². The highest BCUT2D eigenvalue weighted by molar-refractivity contribution is 8.25. The molecule has 2 aliphatic rings. The van der Waals surface area contributed by atoms with Crippen LogP contribution in [-0.4, -0.2) is 0 Å². The summed E-state index contributed by atoms with van der Waals surface area (Å²) in [7, 11) is 0. The van der Waals surface area contributed by atoms with Crippen LogP contribution in [0.25, 0.3) is 0 Å². The van der Waals surface area contributed by atoms with Gasteiger partial charge in [0.05, 0.1) is 14.0 Å². The number of thioether (sulfide) groups is 4. The van der Waals surface area contributed by atoms with Crippen LogP contribution in [0.3, 0.4) is 0 Å². The van der Waals surface area contributed by atoms with E-state index in [-0.39, 0.29) is 0 Å². The number of benzene rings is 1. The zero-order valence-electron chi connectivity index (χ0n) is 9.66. The van der Waals surface area contributed by atoms with Crippen molar-refractivity contribution in [3.05, 3.63) is 57.4 Å². The standard InChI is InChI=1S/C14H8OS4/c1-2-4-10-9(3-1)16-13(17-10)5-6-14-18-11-7-15-8-12(11)19-14/h1-8H. The molecule has 2 aromatic rings. The Morgan fingerprint density at radius 2 is 1.16 bits per heavy atom. The van der Waals surface area contributed by atoms with Gasteiger partial charge in [-0.1, -0.05) is 59.2 Å². The zero-order chi connectivity index (χ0) is 12.7. The number of hydrogen-bond acceptors (Lipinski definition) is 5. The second kappa shape index (κ2) is 5.05. The van der Waals surface area contributed by atoms with Gasteiger partial charge in [0.25, 0.3) is 0 Å². The topological polar surface area (TPSA) is 13.1 Å². The van der Waals surface area contributed by atoms with Gasteiger partial charge in [0, 0.05) is 14.0 Å². The first-order chi connectivity index (χ1) is 9.38. The molecule has 0 atom stereocenters. The van der Waals surface area contributed by atoms with E-state index in [0.717, 1.165) is 0 Å². The smallest absolute Gasteiger partial charge is 0.105 e.